The lowest BCUT2D eigenvalue weighted by Crippen LogP contribution is -2.32. The molecule has 1 aromatic heterocycles. The van der Waals surface area contributed by atoms with E-state index in [-0.39, 0.29) is 10.8 Å². The van der Waals surface area contributed by atoms with Crippen molar-refractivity contribution in [3.05, 3.63) is 186 Å². The molecule has 0 radical (unpaired) electrons. The largest absolute Gasteiger partial charge is 0.310 e. The Kier molecular flexibility index (Phi) is 6.73. The van der Waals surface area contributed by atoms with Crippen molar-refractivity contribution in [1.29, 1.82) is 0 Å². The van der Waals surface area contributed by atoms with Crippen molar-refractivity contribution in [3.63, 3.8) is 0 Å². The second-order valence-electron chi connectivity index (χ2n) is 18.0. The van der Waals surface area contributed by atoms with Crippen LogP contribution in [0.1, 0.15) is 61.8 Å². The topological polar surface area (TPSA) is 3.24 Å². The first-order chi connectivity index (χ1) is 28.5. The molecule has 4 aliphatic rings. The van der Waals surface area contributed by atoms with Crippen molar-refractivity contribution in [2.24, 2.45) is 11.8 Å². The fraction of sp³-hybridized carbons (Fsp3) is 0.179. The molecule has 3 atom stereocenters. The van der Waals surface area contributed by atoms with Crippen molar-refractivity contribution in [1.82, 2.24) is 0 Å². The van der Waals surface area contributed by atoms with Crippen LogP contribution in [-0.4, -0.2) is 0 Å². The van der Waals surface area contributed by atoms with Crippen LogP contribution in [-0.2, 0) is 10.8 Å². The molecule has 1 nitrogen and oxygen atoms in total. The lowest BCUT2D eigenvalue weighted by molar-refractivity contribution is 0.327. The van der Waals surface area contributed by atoms with E-state index in [0.29, 0.717) is 5.92 Å². The molecular weight excluding hydrogens is 719 g/mol. The summed E-state index contributed by atoms with van der Waals surface area (Å²) in [4.78, 5) is 2.58. The van der Waals surface area contributed by atoms with Gasteiger partial charge in [-0.3, -0.25) is 0 Å². The first-order valence-corrected chi connectivity index (χ1v) is 22.0. The molecule has 278 valence electrons. The van der Waals surface area contributed by atoms with E-state index < -0.39 is 0 Å². The van der Waals surface area contributed by atoms with Crippen LogP contribution in [0.25, 0.3) is 64.3 Å². The summed E-state index contributed by atoms with van der Waals surface area (Å²) < 4.78 is 2.69. The van der Waals surface area contributed by atoms with Crippen molar-refractivity contribution < 1.29 is 0 Å². The summed E-state index contributed by atoms with van der Waals surface area (Å²) in [5.41, 5.74) is 17.9. The molecule has 13 rings (SSSR count). The summed E-state index contributed by atoms with van der Waals surface area (Å²) in [6, 6.07) is 62.6. The molecule has 1 spiro atoms. The second-order valence-corrected chi connectivity index (χ2v) is 19.1. The number of benzene rings is 8. The molecule has 1 heterocycles. The fourth-order valence-electron chi connectivity index (χ4n) is 12.5. The van der Waals surface area contributed by atoms with Crippen LogP contribution in [0.5, 0.6) is 0 Å². The third-order valence-corrected chi connectivity index (χ3v) is 16.1. The van der Waals surface area contributed by atoms with Gasteiger partial charge in [0.05, 0.1) is 5.69 Å². The van der Waals surface area contributed by atoms with Gasteiger partial charge in [-0.15, -0.1) is 11.3 Å². The predicted molar refractivity (Wildman–Crippen MR) is 246 cm³/mol. The van der Waals surface area contributed by atoms with Gasteiger partial charge in [-0.1, -0.05) is 148 Å². The molecule has 0 amide bonds. The molecule has 2 bridgehead atoms. The number of hydrogen-bond acceptors (Lipinski definition) is 2. The van der Waals surface area contributed by atoms with E-state index in [1.54, 1.807) is 11.1 Å². The van der Waals surface area contributed by atoms with Crippen LogP contribution in [0.15, 0.2) is 164 Å². The number of thiophene rings is 1. The number of nitrogens with zero attached hydrogens (tertiary/aromatic N) is 1. The van der Waals surface area contributed by atoms with E-state index in [1.807, 2.05) is 11.3 Å². The van der Waals surface area contributed by atoms with Crippen molar-refractivity contribution in [3.8, 4) is 33.4 Å². The van der Waals surface area contributed by atoms with Gasteiger partial charge < -0.3 is 4.90 Å². The maximum absolute atomic E-state index is 2.61. The van der Waals surface area contributed by atoms with E-state index in [2.05, 4.69) is 183 Å². The molecule has 0 aliphatic heterocycles. The minimum atomic E-state index is -0.0787. The zero-order chi connectivity index (χ0) is 38.3. The van der Waals surface area contributed by atoms with Gasteiger partial charge in [0, 0.05) is 42.4 Å². The molecule has 9 aromatic rings. The van der Waals surface area contributed by atoms with Crippen molar-refractivity contribution in [2.45, 2.75) is 50.4 Å². The predicted octanol–water partition coefficient (Wildman–Crippen LogP) is 15.7. The monoisotopic (exact) mass is 761 g/mol. The number of rotatable bonds is 4. The van der Waals surface area contributed by atoms with Crippen LogP contribution in [0.2, 0.25) is 0 Å². The summed E-state index contributed by atoms with van der Waals surface area (Å²) in [6.45, 7) is 4.78. The van der Waals surface area contributed by atoms with Gasteiger partial charge in [0.2, 0.25) is 0 Å². The molecule has 2 heteroatoms. The van der Waals surface area contributed by atoms with Crippen LogP contribution >= 0.6 is 11.3 Å². The highest BCUT2D eigenvalue weighted by Crippen LogP contribution is 2.66. The third-order valence-electron chi connectivity index (χ3n) is 14.9. The minimum Gasteiger partial charge on any atom is -0.310 e. The molecule has 58 heavy (non-hydrogen) atoms. The first kappa shape index (κ1) is 33.1. The van der Waals surface area contributed by atoms with Gasteiger partial charge in [0.25, 0.3) is 0 Å². The maximum Gasteiger partial charge on any atom is 0.0554 e. The minimum absolute atomic E-state index is 0.0787. The Hall–Kier alpha value is -5.96. The Labute approximate surface area is 344 Å². The van der Waals surface area contributed by atoms with Gasteiger partial charge in [0.1, 0.15) is 0 Å². The van der Waals surface area contributed by atoms with Crippen molar-refractivity contribution >= 4 is 59.3 Å². The molecule has 8 aromatic carbocycles. The first-order valence-electron chi connectivity index (χ1n) is 21.2. The van der Waals surface area contributed by atoms with E-state index in [4.69, 9.17) is 0 Å². The molecular formula is C56H43NS. The third kappa shape index (κ3) is 4.31. The average molecular weight is 762 g/mol. The van der Waals surface area contributed by atoms with Gasteiger partial charge in [-0.25, -0.2) is 0 Å². The Bertz CT molecular complexity index is 3180. The highest BCUT2D eigenvalue weighted by Gasteiger charge is 2.56. The smallest absolute Gasteiger partial charge is 0.0554 e. The standard InChI is InChI=1S/C56H43NS/c1-55(2)47-17-7-5-14-43(47)45-16-9-15-40(53(45)55)36-22-26-38(27-23-36)57(50-19-10-20-51-52(50)46-29-24-35-11-3-4-12-41(35)54(46)58-51)39-28-30-44-42-13-6-8-18-48(42)56(49(44)32-39)33-34-21-25-37(56)31-34/h3-20,22-24,26-30,32,34,37H,21,25,31,33H2,1-2H3. The Morgan fingerprint density at radius 2 is 1.26 bits per heavy atom. The van der Waals surface area contributed by atoms with Gasteiger partial charge in [-0.2, -0.15) is 0 Å². The number of hydrogen-bond donors (Lipinski definition) is 0. The van der Waals surface area contributed by atoms with E-state index in [0.717, 1.165) is 5.92 Å². The summed E-state index contributed by atoms with van der Waals surface area (Å²) in [5.74, 6) is 1.54. The van der Waals surface area contributed by atoms with Crippen LogP contribution in [0, 0.1) is 11.8 Å². The molecule has 3 unspecified atom stereocenters. The SMILES string of the molecule is CC1(C)c2ccccc2-c2cccc(-c3ccc(N(c4ccc5c(c4)C4(CC6CCC4C6)c4ccccc4-5)c4cccc5sc6c7ccccc7ccc6c45)cc3)c21. The van der Waals surface area contributed by atoms with Gasteiger partial charge >= 0.3 is 0 Å². The Morgan fingerprint density at radius 3 is 2.09 bits per heavy atom. The van der Waals surface area contributed by atoms with Gasteiger partial charge in [0.15, 0.2) is 0 Å². The summed E-state index contributed by atoms with van der Waals surface area (Å²) in [6.07, 6.45) is 5.37. The molecule has 2 saturated carbocycles. The average Bonchev–Trinajstić information content (AvgIpc) is 4.09. The van der Waals surface area contributed by atoms with E-state index in [1.165, 1.54) is 118 Å². The summed E-state index contributed by atoms with van der Waals surface area (Å²) in [7, 11) is 0. The Balaban J connectivity index is 1.02. The Morgan fingerprint density at radius 1 is 0.552 bits per heavy atom. The van der Waals surface area contributed by atoms with Gasteiger partial charge in [-0.05, 0) is 134 Å². The van der Waals surface area contributed by atoms with Crippen LogP contribution < -0.4 is 4.90 Å². The second kappa shape index (κ2) is 11.8. The lowest BCUT2D eigenvalue weighted by Gasteiger charge is -2.37. The maximum atomic E-state index is 2.61. The summed E-state index contributed by atoms with van der Waals surface area (Å²) >= 11 is 1.93. The molecule has 2 fully saturated rings. The zero-order valence-corrected chi connectivity index (χ0v) is 33.7. The van der Waals surface area contributed by atoms with E-state index in [9.17, 15) is 0 Å². The zero-order valence-electron chi connectivity index (χ0n) is 32.9. The molecule has 0 N–H and O–H groups in total. The number of anilines is 3. The van der Waals surface area contributed by atoms with Crippen molar-refractivity contribution in [2.75, 3.05) is 4.90 Å². The lowest BCUT2D eigenvalue weighted by atomic mass is 9.67. The number of fused-ring (bicyclic) bond motifs is 16. The summed E-state index contributed by atoms with van der Waals surface area (Å²) in [5, 5.41) is 5.28. The van der Waals surface area contributed by atoms with E-state index >= 15 is 0 Å². The highest BCUT2D eigenvalue weighted by molar-refractivity contribution is 7.26. The van der Waals surface area contributed by atoms with Crippen LogP contribution in [0.4, 0.5) is 17.1 Å². The molecule has 0 saturated heterocycles. The quantitative estimate of drug-likeness (QED) is 0.173. The fourth-order valence-corrected chi connectivity index (χ4v) is 13.8. The highest BCUT2D eigenvalue weighted by atomic mass is 32.1. The van der Waals surface area contributed by atoms with Crippen LogP contribution in [0.3, 0.4) is 0 Å². The molecule has 4 aliphatic carbocycles. The normalized spacial score (nSPS) is 20.5.